The van der Waals surface area contributed by atoms with E-state index in [9.17, 15) is 5.11 Å². The lowest BCUT2D eigenvalue weighted by atomic mass is 10.1. The predicted molar refractivity (Wildman–Crippen MR) is 88.7 cm³/mol. The van der Waals surface area contributed by atoms with E-state index in [1.807, 2.05) is 37.3 Å². The lowest BCUT2D eigenvalue weighted by Gasteiger charge is -2.17. The molecule has 110 valence electrons. The average molecular weight is 301 g/mol. The fourth-order valence-corrected chi connectivity index (χ4v) is 2.19. The van der Waals surface area contributed by atoms with Gasteiger partial charge in [0.15, 0.2) is 5.11 Å². The molecule has 0 radical (unpaired) electrons. The first-order valence-electron chi connectivity index (χ1n) is 6.78. The van der Waals surface area contributed by atoms with Gasteiger partial charge < -0.3 is 10.4 Å². The van der Waals surface area contributed by atoms with Gasteiger partial charge in [0.05, 0.1) is 6.04 Å². The molecule has 0 aliphatic heterocycles. The number of phenolic OH excluding ortho intramolecular Hbond substituents is 1. The van der Waals surface area contributed by atoms with Crippen LogP contribution in [0.5, 0.6) is 5.75 Å². The molecule has 4 N–H and O–H groups in total. The Bertz CT molecular complexity index is 589. The Morgan fingerprint density at radius 3 is 2.48 bits per heavy atom. The monoisotopic (exact) mass is 301 g/mol. The predicted octanol–water partition coefficient (Wildman–Crippen LogP) is 2.62. The molecule has 0 aliphatic rings. The highest BCUT2D eigenvalue weighted by atomic mass is 32.1. The van der Waals surface area contributed by atoms with E-state index in [2.05, 4.69) is 28.3 Å². The summed E-state index contributed by atoms with van der Waals surface area (Å²) >= 11 is 5.23. The minimum atomic E-state index is 0.123. The topological polar surface area (TPSA) is 56.3 Å². The normalized spacial score (nSPS) is 11.7. The van der Waals surface area contributed by atoms with Gasteiger partial charge in [0, 0.05) is 12.1 Å². The van der Waals surface area contributed by atoms with Crippen molar-refractivity contribution in [1.29, 1.82) is 0 Å². The van der Waals surface area contributed by atoms with Gasteiger partial charge in [0.25, 0.3) is 0 Å². The summed E-state index contributed by atoms with van der Waals surface area (Å²) in [4.78, 5) is 0. The van der Waals surface area contributed by atoms with Crippen molar-refractivity contribution < 1.29 is 5.11 Å². The van der Waals surface area contributed by atoms with Crippen molar-refractivity contribution in [3.63, 3.8) is 0 Å². The molecule has 0 spiro atoms. The highest BCUT2D eigenvalue weighted by Gasteiger charge is 2.06. The van der Waals surface area contributed by atoms with Crippen LogP contribution >= 0.6 is 12.2 Å². The fraction of sp³-hybridized carbons (Fsp3) is 0.188. The number of hydrazine groups is 1. The molecule has 0 aliphatic carbocycles. The summed E-state index contributed by atoms with van der Waals surface area (Å²) in [7, 11) is 0. The smallest absolute Gasteiger partial charge is 0.181 e. The largest absolute Gasteiger partial charge is 0.508 e. The van der Waals surface area contributed by atoms with E-state index in [4.69, 9.17) is 12.2 Å². The standard InChI is InChI=1S/C16H19N3OS/c1-12(13-7-3-2-4-8-13)18-16(21)19-17-11-14-9-5-6-10-15(14)20/h2-10,12,17,20H,11H2,1H3,(H2,18,19,21)/t12-/m1/s1. The molecule has 1 atom stereocenters. The van der Waals surface area contributed by atoms with Crippen LogP contribution in [0.15, 0.2) is 54.6 Å². The van der Waals surface area contributed by atoms with Gasteiger partial charge in [-0.25, -0.2) is 5.43 Å². The van der Waals surface area contributed by atoms with Crippen LogP contribution in [0.1, 0.15) is 24.1 Å². The molecule has 0 saturated carbocycles. The summed E-state index contributed by atoms with van der Waals surface area (Å²) < 4.78 is 0. The third-order valence-corrected chi connectivity index (χ3v) is 3.34. The summed E-state index contributed by atoms with van der Waals surface area (Å²) in [5, 5.41) is 13.4. The Morgan fingerprint density at radius 2 is 1.76 bits per heavy atom. The van der Waals surface area contributed by atoms with Crippen LogP contribution in [-0.2, 0) is 6.54 Å². The Hall–Kier alpha value is -2.11. The van der Waals surface area contributed by atoms with Gasteiger partial charge in [0.1, 0.15) is 5.75 Å². The fourth-order valence-electron chi connectivity index (χ4n) is 1.94. The van der Waals surface area contributed by atoms with Crippen LogP contribution in [0.25, 0.3) is 0 Å². The van der Waals surface area contributed by atoms with E-state index in [0.29, 0.717) is 11.7 Å². The first-order valence-corrected chi connectivity index (χ1v) is 7.19. The maximum Gasteiger partial charge on any atom is 0.181 e. The number of para-hydroxylation sites is 1. The molecule has 2 aromatic carbocycles. The molecule has 0 heterocycles. The average Bonchev–Trinajstić information content (AvgIpc) is 2.50. The van der Waals surface area contributed by atoms with Crippen molar-refractivity contribution in [3.05, 3.63) is 65.7 Å². The Morgan fingerprint density at radius 1 is 1.10 bits per heavy atom. The molecule has 0 aromatic heterocycles. The van der Waals surface area contributed by atoms with Crippen LogP contribution in [0.3, 0.4) is 0 Å². The van der Waals surface area contributed by atoms with Crippen LogP contribution < -0.4 is 16.2 Å². The molecular weight excluding hydrogens is 282 g/mol. The van der Waals surface area contributed by atoms with Gasteiger partial charge in [-0.15, -0.1) is 0 Å². The van der Waals surface area contributed by atoms with Gasteiger partial charge in [-0.2, -0.15) is 0 Å². The van der Waals surface area contributed by atoms with Crippen LogP contribution in [-0.4, -0.2) is 10.2 Å². The number of hydrogen-bond acceptors (Lipinski definition) is 3. The molecule has 5 heteroatoms. The van der Waals surface area contributed by atoms with Gasteiger partial charge in [0.2, 0.25) is 0 Å². The minimum Gasteiger partial charge on any atom is -0.508 e. The van der Waals surface area contributed by atoms with E-state index >= 15 is 0 Å². The number of benzene rings is 2. The van der Waals surface area contributed by atoms with Gasteiger partial charge in [-0.3, -0.25) is 5.43 Å². The summed E-state index contributed by atoms with van der Waals surface area (Å²) in [5.41, 5.74) is 7.88. The second kappa shape index (κ2) is 7.61. The third-order valence-electron chi connectivity index (χ3n) is 3.12. The van der Waals surface area contributed by atoms with Crippen molar-refractivity contribution in [2.24, 2.45) is 0 Å². The summed E-state index contributed by atoms with van der Waals surface area (Å²) in [6, 6.07) is 17.4. The number of nitrogens with one attached hydrogen (secondary N) is 3. The number of hydrogen-bond donors (Lipinski definition) is 4. The second-order valence-corrected chi connectivity index (χ2v) is 5.12. The van der Waals surface area contributed by atoms with Crippen LogP contribution in [0.4, 0.5) is 0 Å². The zero-order chi connectivity index (χ0) is 15.1. The molecule has 0 unspecified atom stereocenters. The third kappa shape index (κ3) is 4.73. The quantitative estimate of drug-likeness (QED) is 0.505. The molecule has 21 heavy (non-hydrogen) atoms. The van der Waals surface area contributed by atoms with Crippen molar-refractivity contribution in [2.75, 3.05) is 0 Å². The molecule has 0 bridgehead atoms. The molecular formula is C16H19N3OS. The maximum absolute atomic E-state index is 9.65. The molecule has 2 aromatic rings. The molecule has 2 rings (SSSR count). The first kappa shape index (κ1) is 15.3. The van der Waals surface area contributed by atoms with E-state index in [0.717, 1.165) is 5.56 Å². The maximum atomic E-state index is 9.65. The van der Waals surface area contributed by atoms with E-state index in [1.54, 1.807) is 12.1 Å². The Labute approximate surface area is 130 Å². The molecule has 0 fully saturated rings. The van der Waals surface area contributed by atoms with Crippen molar-refractivity contribution in [3.8, 4) is 5.75 Å². The second-order valence-electron chi connectivity index (χ2n) is 4.71. The van der Waals surface area contributed by atoms with Crippen molar-refractivity contribution in [1.82, 2.24) is 16.2 Å². The molecule has 4 nitrogen and oxygen atoms in total. The lowest BCUT2D eigenvalue weighted by molar-refractivity contribution is 0.463. The molecule has 0 amide bonds. The number of thiocarbonyl (C=S) groups is 1. The summed E-state index contributed by atoms with van der Waals surface area (Å²) in [5.74, 6) is 0.267. The van der Waals surface area contributed by atoms with Crippen LogP contribution in [0.2, 0.25) is 0 Å². The van der Waals surface area contributed by atoms with Crippen molar-refractivity contribution >= 4 is 17.3 Å². The summed E-state index contributed by atoms with van der Waals surface area (Å²) in [6.45, 7) is 2.53. The van der Waals surface area contributed by atoms with Crippen molar-refractivity contribution in [2.45, 2.75) is 19.5 Å². The van der Waals surface area contributed by atoms with Gasteiger partial charge >= 0.3 is 0 Å². The number of rotatable bonds is 5. The van der Waals surface area contributed by atoms with Gasteiger partial charge in [-0.05, 0) is 30.8 Å². The SMILES string of the molecule is C[C@@H](NC(=S)NNCc1ccccc1O)c1ccccc1. The Balaban J connectivity index is 1.76. The first-order chi connectivity index (χ1) is 10.2. The van der Waals surface area contributed by atoms with E-state index in [-0.39, 0.29) is 11.8 Å². The van der Waals surface area contributed by atoms with E-state index < -0.39 is 0 Å². The minimum absolute atomic E-state index is 0.123. The van der Waals surface area contributed by atoms with Gasteiger partial charge in [-0.1, -0.05) is 48.5 Å². The number of phenols is 1. The lowest BCUT2D eigenvalue weighted by Crippen LogP contribution is -2.44. The zero-order valence-electron chi connectivity index (χ0n) is 11.8. The zero-order valence-corrected chi connectivity index (χ0v) is 12.7. The number of aromatic hydroxyl groups is 1. The van der Waals surface area contributed by atoms with Crippen LogP contribution in [0, 0.1) is 0 Å². The van der Waals surface area contributed by atoms with E-state index in [1.165, 1.54) is 5.56 Å². The highest BCUT2D eigenvalue weighted by molar-refractivity contribution is 7.80. The summed E-state index contributed by atoms with van der Waals surface area (Å²) in [6.07, 6.45) is 0. The highest BCUT2D eigenvalue weighted by Crippen LogP contribution is 2.14. The molecule has 0 saturated heterocycles. The Kier molecular flexibility index (Phi) is 5.54.